The smallest absolute Gasteiger partial charge is 0.287 e. The Labute approximate surface area is 110 Å². The van der Waals surface area contributed by atoms with E-state index < -0.39 is 5.24 Å². The van der Waals surface area contributed by atoms with E-state index in [0.29, 0.717) is 19.0 Å². The molecule has 0 bridgehead atoms. The molecular weight excluding hydrogens is 252 g/mol. The molecule has 18 heavy (non-hydrogen) atoms. The van der Waals surface area contributed by atoms with Crippen molar-refractivity contribution >= 4 is 16.8 Å². The van der Waals surface area contributed by atoms with Crippen LogP contribution in [-0.4, -0.2) is 5.24 Å². The summed E-state index contributed by atoms with van der Waals surface area (Å²) < 4.78 is 10.8. The highest BCUT2D eigenvalue weighted by Gasteiger charge is 2.12. The molecule has 2 rings (SSSR count). The Bertz CT molecular complexity index is 531. The molecule has 4 heteroatoms. The maximum absolute atomic E-state index is 10.9. The van der Waals surface area contributed by atoms with Crippen molar-refractivity contribution < 1.29 is 13.9 Å². The lowest BCUT2D eigenvalue weighted by atomic mass is 10.2. The van der Waals surface area contributed by atoms with E-state index in [1.165, 1.54) is 0 Å². The molecule has 0 aliphatic heterocycles. The first-order chi connectivity index (χ1) is 8.66. The molecule has 0 saturated heterocycles. The van der Waals surface area contributed by atoms with Gasteiger partial charge in [0.25, 0.3) is 5.24 Å². The van der Waals surface area contributed by atoms with E-state index in [0.717, 1.165) is 11.1 Å². The predicted molar refractivity (Wildman–Crippen MR) is 68.6 cm³/mol. The lowest BCUT2D eigenvalue weighted by Gasteiger charge is -2.03. The third-order valence-corrected chi connectivity index (χ3v) is 2.75. The number of hydrogen-bond acceptors (Lipinski definition) is 3. The molecule has 1 heterocycles. The highest BCUT2D eigenvalue weighted by Crippen LogP contribution is 2.17. The van der Waals surface area contributed by atoms with Crippen LogP contribution < -0.4 is 0 Å². The summed E-state index contributed by atoms with van der Waals surface area (Å²) >= 11 is 5.34. The molecule has 94 valence electrons. The van der Waals surface area contributed by atoms with Gasteiger partial charge >= 0.3 is 0 Å². The molecule has 0 unspecified atom stereocenters. The number of carbonyl (C=O) groups is 1. The highest BCUT2D eigenvalue weighted by molar-refractivity contribution is 6.67. The lowest BCUT2D eigenvalue weighted by molar-refractivity contribution is 0.0896. The molecule has 3 nitrogen and oxygen atoms in total. The van der Waals surface area contributed by atoms with Gasteiger partial charge in [-0.15, -0.1) is 0 Å². The zero-order valence-electron chi connectivity index (χ0n) is 9.98. The van der Waals surface area contributed by atoms with Gasteiger partial charge in [-0.25, -0.2) is 0 Å². The van der Waals surface area contributed by atoms with Crippen molar-refractivity contribution in [1.29, 1.82) is 0 Å². The summed E-state index contributed by atoms with van der Waals surface area (Å²) in [6.45, 7) is 2.68. The summed E-state index contributed by atoms with van der Waals surface area (Å²) in [7, 11) is 0. The Hall–Kier alpha value is -1.58. The van der Waals surface area contributed by atoms with E-state index in [4.69, 9.17) is 20.8 Å². The van der Waals surface area contributed by atoms with Gasteiger partial charge in [-0.05, 0) is 35.7 Å². The first kappa shape index (κ1) is 12.9. The van der Waals surface area contributed by atoms with Gasteiger partial charge in [-0.2, -0.15) is 0 Å². The second kappa shape index (κ2) is 5.85. The van der Waals surface area contributed by atoms with Crippen LogP contribution in [0.25, 0.3) is 0 Å². The number of aryl methyl sites for hydroxylation is 1. The summed E-state index contributed by atoms with van der Waals surface area (Å²) in [5.41, 5.74) is 1.96. The van der Waals surface area contributed by atoms with Crippen molar-refractivity contribution in [3.63, 3.8) is 0 Å². The molecule has 0 aliphatic rings. The molecule has 0 fully saturated rings. The molecule has 0 N–H and O–H groups in total. The van der Waals surface area contributed by atoms with Crippen molar-refractivity contribution in [2.24, 2.45) is 0 Å². The normalized spacial score (nSPS) is 10.6. The maximum atomic E-state index is 10.9. The fourth-order valence-corrected chi connectivity index (χ4v) is 1.69. The Kier molecular flexibility index (Phi) is 4.18. The predicted octanol–water partition coefficient (Wildman–Crippen LogP) is 3.68. The van der Waals surface area contributed by atoms with Gasteiger partial charge in [-0.1, -0.05) is 30.3 Å². The van der Waals surface area contributed by atoms with Gasteiger partial charge < -0.3 is 9.15 Å². The van der Waals surface area contributed by atoms with Crippen molar-refractivity contribution in [3.05, 3.63) is 59.0 Å². The summed E-state index contributed by atoms with van der Waals surface area (Å²) in [4.78, 5) is 10.9. The Morgan fingerprint density at radius 3 is 2.61 bits per heavy atom. The summed E-state index contributed by atoms with van der Waals surface area (Å²) in [6, 6.07) is 11.5. The SMILES string of the molecule is Cc1cc(C(=O)Cl)oc1COCc1ccccc1. The zero-order chi connectivity index (χ0) is 13.0. The minimum atomic E-state index is -0.590. The second-order valence-electron chi connectivity index (χ2n) is 3.97. The number of rotatable bonds is 5. The fraction of sp³-hybridized carbons (Fsp3) is 0.214. The first-order valence-electron chi connectivity index (χ1n) is 5.57. The lowest BCUT2D eigenvalue weighted by Crippen LogP contribution is -1.94. The van der Waals surface area contributed by atoms with Crippen LogP contribution >= 0.6 is 11.6 Å². The van der Waals surface area contributed by atoms with Gasteiger partial charge in [-0.3, -0.25) is 4.79 Å². The minimum absolute atomic E-state index is 0.160. The molecule has 0 atom stereocenters. The number of hydrogen-bond donors (Lipinski definition) is 0. The average molecular weight is 265 g/mol. The number of ether oxygens (including phenoxy) is 1. The molecule has 0 spiro atoms. The van der Waals surface area contributed by atoms with Crippen LogP contribution in [0.1, 0.15) is 27.4 Å². The van der Waals surface area contributed by atoms with E-state index in [1.807, 2.05) is 37.3 Å². The topological polar surface area (TPSA) is 39.4 Å². The summed E-state index contributed by atoms with van der Waals surface area (Å²) in [5.74, 6) is 0.794. The highest BCUT2D eigenvalue weighted by atomic mass is 35.5. The number of halogens is 1. The van der Waals surface area contributed by atoms with Crippen LogP contribution in [0, 0.1) is 6.92 Å². The van der Waals surface area contributed by atoms with E-state index in [-0.39, 0.29) is 5.76 Å². The average Bonchev–Trinajstić information content (AvgIpc) is 2.73. The molecule has 1 aromatic carbocycles. The summed E-state index contributed by atoms with van der Waals surface area (Å²) in [5, 5.41) is -0.590. The number of furan rings is 1. The molecule has 0 saturated carbocycles. The zero-order valence-corrected chi connectivity index (χ0v) is 10.7. The van der Waals surface area contributed by atoms with Crippen LogP contribution in [0.4, 0.5) is 0 Å². The Balaban J connectivity index is 1.92. The third-order valence-electron chi connectivity index (χ3n) is 2.56. The van der Waals surface area contributed by atoms with Crippen molar-refractivity contribution in [3.8, 4) is 0 Å². The van der Waals surface area contributed by atoms with Crippen molar-refractivity contribution in [1.82, 2.24) is 0 Å². The maximum Gasteiger partial charge on any atom is 0.287 e. The second-order valence-corrected chi connectivity index (χ2v) is 4.31. The monoisotopic (exact) mass is 264 g/mol. The van der Waals surface area contributed by atoms with E-state index in [1.54, 1.807) is 6.07 Å². The van der Waals surface area contributed by atoms with Crippen LogP contribution in [-0.2, 0) is 18.0 Å². The molecule has 1 aromatic heterocycles. The van der Waals surface area contributed by atoms with E-state index >= 15 is 0 Å². The number of benzene rings is 1. The van der Waals surface area contributed by atoms with E-state index in [2.05, 4.69) is 0 Å². The van der Waals surface area contributed by atoms with Crippen molar-refractivity contribution in [2.75, 3.05) is 0 Å². The molecule has 0 aliphatic carbocycles. The van der Waals surface area contributed by atoms with Gasteiger partial charge in [0.2, 0.25) is 0 Å². The fourth-order valence-electron chi connectivity index (χ4n) is 1.60. The van der Waals surface area contributed by atoms with Crippen molar-refractivity contribution in [2.45, 2.75) is 20.1 Å². The first-order valence-corrected chi connectivity index (χ1v) is 5.95. The van der Waals surface area contributed by atoms with Crippen LogP contribution in [0.3, 0.4) is 0 Å². The number of carbonyl (C=O) groups excluding carboxylic acids is 1. The Morgan fingerprint density at radius 2 is 2.00 bits per heavy atom. The largest absolute Gasteiger partial charge is 0.454 e. The molecule has 0 amide bonds. The van der Waals surface area contributed by atoms with Gasteiger partial charge in [0.15, 0.2) is 5.76 Å². The van der Waals surface area contributed by atoms with Gasteiger partial charge in [0, 0.05) is 0 Å². The standard InChI is InChI=1S/C14H13ClO3/c1-10-7-12(14(15)16)18-13(10)9-17-8-11-5-3-2-4-6-11/h2-7H,8-9H2,1H3. The minimum Gasteiger partial charge on any atom is -0.454 e. The third kappa shape index (κ3) is 3.22. The molecular formula is C14H13ClO3. The van der Waals surface area contributed by atoms with Gasteiger partial charge in [0.05, 0.1) is 6.61 Å². The molecule has 2 aromatic rings. The van der Waals surface area contributed by atoms with Crippen LogP contribution in [0.5, 0.6) is 0 Å². The quantitative estimate of drug-likeness (QED) is 0.774. The van der Waals surface area contributed by atoms with E-state index in [9.17, 15) is 4.79 Å². The summed E-state index contributed by atoms with van der Waals surface area (Å²) in [6.07, 6.45) is 0. The molecule has 0 radical (unpaired) electrons. The van der Waals surface area contributed by atoms with Crippen LogP contribution in [0.2, 0.25) is 0 Å². The van der Waals surface area contributed by atoms with Gasteiger partial charge in [0.1, 0.15) is 12.4 Å². The van der Waals surface area contributed by atoms with Crippen LogP contribution in [0.15, 0.2) is 40.8 Å². The Morgan fingerprint density at radius 1 is 1.28 bits per heavy atom.